The van der Waals surface area contributed by atoms with E-state index in [4.69, 9.17) is 23.2 Å². The monoisotopic (exact) mass is 300 g/mol. The lowest BCUT2D eigenvalue weighted by Crippen LogP contribution is -2.06. The van der Waals surface area contributed by atoms with Gasteiger partial charge in [0.25, 0.3) is 0 Å². The number of hydrogen-bond donors (Lipinski definition) is 0. The predicted molar refractivity (Wildman–Crippen MR) is 76.5 cm³/mol. The molecule has 0 amide bonds. The summed E-state index contributed by atoms with van der Waals surface area (Å²) in [5.41, 5.74) is 3.42. The zero-order valence-corrected chi connectivity index (χ0v) is 12.6. The summed E-state index contributed by atoms with van der Waals surface area (Å²) in [7, 11) is 0. The fourth-order valence-electron chi connectivity index (χ4n) is 2.25. The molecule has 1 aromatic carbocycles. The van der Waals surface area contributed by atoms with Gasteiger partial charge in [0, 0.05) is 21.8 Å². The number of alkyl halides is 1. The molecule has 2 rings (SSSR count). The van der Waals surface area contributed by atoms with Crippen molar-refractivity contribution >= 4 is 23.2 Å². The molecule has 0 bridgehead atoms. The molecule has 1 unspecified atom stereocenters. The van der Waals surface area contributed by atoms with Crippen LogP contribution in [0.25, 0.3) is 0 Å². The lowest BCUT2D eigenvalue weighted by atomic mass is 10.1. The van der Waals surface area contributed by atoms with Crippen molar-refractivity contribution in [3.8, 4) is 0 Å². The van der Waals surface area contributed by atoms with Crippen molar-refractivity contribution in [2.45, 2.75) is 32.7 Å². The first kappa shape index (κ1) is 14.4. The number of halogens is 3. The number of rotatable bonds is 3. The molecule has 0 saturated carbocycles. The van der Waals surface area contributed by atoms with Crippen LogP contribution in [-0.2, 0) is 6.54 Å². The Balaban J connectivity index is 2.36. The molecule has 0 N–H and O–H groups in total. The van der Waals surface area contributed by atoms with E-state index in [9.17, 15) is 4.39 Å². The minimum atomic E-state index is -0.319. The van der Waals surface area contributed by atoms with Crippen LogP contribution in [0, 0.1) is 19.7 Å². The van der Waals surface area contributed by atoms with Crippen LogP contribution in [0.3, 0.4) is 0 Å². The van der Waals surface area contributed by atoms with Gasteiger partial charge in [-0.25, -0.2) is 4.39 Å². The highest BCUT2D eigenvalue weighted by atomic mass is 35.5. The summed E-state index contributed by atoms with van der Waals surface area (Å²) >= 11 is 11.9. The average molecular weight is 301 g/mol. The molecule has 5 heteroatoms. The zero-order valence-electron chi connectivity index (χ0n) is 11.0. The van der Waals surface area contributed by atoms with Crippen LogP contribution in [0.15, 0.2) is 18.2 Å². The molecule has 0 aliphatic heterocycles. The summed E-state index contributed by atoms with van der Waals surface area (Å²) < 4.78 is 15.6. The van der Waals surface area contributed by atoms with Crippen molar-refractivity contribution < 1.29 is 4.39 Å². The third-order valence-electron chi connectivity index (χ3n) is 3.17. The van der Waals surface area contributed by atoms with Gasteiger partial charge in [-0.15, -0.1) is 11.6 Å². The highest BCUT2D eigenvalue weighted by molar-refractivity contribution is 6.30. The van der Waals surface area contributed by atoms with Gasteiger partial charge in [0.15, 0.2) is 0 Å². The summed E-state index contributed by atoms with van der Waals surface area (Å²) in [6.45, 7) is 6.14. The second-order valence-corrected chi connectivity index (χ2v) is 5.68. The molecule has 1 heterocycles. The number of hydrogen-bond acceptors (Lipinski definition) is 1. The molecule has 2 nitrogen and oxygen atoms in total. The van der Waals surface area contributed by atoms with E-state index in [-0.39, 0.29) is 11.2 Å². The summed E-state index contributed by atoms with van der Waals surface area (Å²) in [6.07, 6.45) is 0. The van der Waals surface area contributed by atoms with Gasteiger partial charge in [-0.1, -0.05) is 17.7 Å². The second kappa shape index (κ2) is 5.51. The molecule has 0 spiro atoms. The Morgan fingerprint density at radius 1 is 1.37 bits per heavy atom. The van der Waals surface area contributed by atoms with Crippen LogP contribution in [0.2, 0.25) is 5.02 Å². The Bertz CT molecular complexity index is 606. The SMILES string of the molecule is Cc1nn(Cc2ccc(Cl)cc2F)c(C)c1C(C)Cl. The van der Waals surface area contributed by atoms with Crippen LogP contribution in [0.1, 0.15) is 34.8 Å². The van der Waals surface area contributed by atoms with Crippen LogP contribution < -0.4 is 0 Å². The van der Waals surface area contributed by atoms with Crippen LogP contribution in [-0.4, -0.2) is 9.78 Å². The molecule has 0 aliphatic rings. The fraction of sp³-hybridized carbons (Fsp3) is 0.357. The van der Waals surface area contributed by atoms with Gasteiger partial charge in [-0.2, -0.15) is 5.10 Å². The first-order chi connectivity index (χ1) is 8.90. The van der Waals surface area contributed by atoms with E-state index < -0.39 is 0 Å². The first-order valence-electron chi connectivity index (χ1n) is 6.02. The summed E-state index contributed by atoms with van der Waals surface area (Å²) in [5.74, 6) is -0.319. The van der Waals surface area contributed by atoms with Gasteiger partial charge in [0.2, 0.25) is 0 Å². The van der Waals surface area contributed by atoms with Crippen molar-refractivity contribution in [1.82, 2.24) is 9.78 Å². The number of benzene rings is 1. The van der Waals surface area contributed by atoms with Gasteiger partial charge in [-0.05, 0) is 32.9 Å². The Kier molecular flexibility index (Phi) is 4.16. The molecule has 102 valence electrons. The maximum absolute atomic E-state index is 13.8. The smallest absolute Gasteiger partial charge is 0.129 e. The topological polar surface area (TPSA) is 17.8 Å². The average Bonchev–Trinajstić information content (AvgIpc) is 2.58. The maximum atomic E-state index is 13.8. The van der Waals surface area contributed by atoms with Gasteiger partial charge < -0.3 is 0 Å². The molecule has 1 aromatic heterocycles. The van der Waals surface area contributed by atoms with E-state index in [0.29, 0.717) is 17.1 Å². The molecule has 0 saturated heterocycles. The molecular weight excluding hydrogens is 286 g/mol. The van der Waals surface area contributed by atoms with E-state index in [0.717, 1.165) is 17.0 Å². The molecule has 0 fully saturated rings. The summed E-state index contributed by atoms with van der Waals surface area (Å²) in [4.78, 5) is 0. The predicted octanol–water partition coefficient (Wildman–Crippen LogP) is 4.64. The molecule has 0 radical (unpaired) electrons. The lowest BCUT2D eigenvalue weighted by Gasteiger charge is -2.08. The van der Waals surface area contributed by atoms with Crippen LogP contribution in [0.4, 0.5) is 4.39 Å². The number of nitrogens with zero attached hydrogens (tertiary/aromatic N) is 2. The van der Waals surface area contributed by atoms with Crippen molar-refractivity contribution in [3.63, 3.8) is 0 Å². The number of aryl methyl sites for hydroxylation is 1. The van der Waals surface area contributed by atoms with Crippen molar-refractivity contribution in [3.05, 3.63) is 51.6 Å². The normalized spacial score (nSPS) is 12.7. The molecule has 2 aromatic rings. The second-order valence-electron chi connectivity index (χ2n) is 4.59. The van der Waals surface area contributed by atoms with Crippen molar-refractivity contribution in [2.24, 2.45) is 0 Å². The number of aromatic nitrogens is 2. The molecule has 0 aliphatic carbocycles. The minimum Gasteiger partial charge on any atom is -0.265 e. The van der Waals surface area contributed by atoms with E-state index >= 15 is 0 Å². The largest absolute Gasteiger partial charge is 0.265 e. The van der Waals surface area contributed by atoms with E-state index in [2.05, 4.69) is 5.10 Å². The highest BCUT2D eigenvalue weighted by Crippen LogP contribution is 2.27. The quantitative estimate of drug-likeness (QED) is 0.755. The van der Waals surface area contributed by atoms with E-state index in [1.165, 1.54) is 6.07 Å². The maximum Gasteiger partial charge on any atom is 0.129 e. The van der Waals surface area contributed by atoms with E-state index in [1.54, 1.807) is 16.8 Å². The summed E-state index contributed by atoms with van der Waals surface area (Å²) in [6, 6.07) is 4.67. The van der Waals surface area contributed by atoms with E-state index in [1.807, 2.05) is 20.8 Å². The van der Waals surface area contributed by atoms with Crippen molar-refractivity contribution in [2.75, 3.05) is 0 Å². The standard InChI is InChI=1S/C14H15Cl2FN2/c1-8(15)14-9(2)18-19(10(14)3)7-11-4-5-12(16)6-13(11)17/h4-6,8H,7H2,1-3H3. The summed E-state index contributed by atoms with van der Waals surface area (Å²) in [5, 5.41) is 4.71. The molecular formula is C14H15Cl2FN2. The third kappa shape index (κ3) is 2.93. The van der Waals surface area contributed by atoms with Gasteiger partial charge >= 0.3 is 0 Å². The Hall–Kier alpha value is -1.06. The van der Waals surface area contributed by atoms with Gasteiger partial charge in [-0.3, -0.25) is 4.68 Å². The molecule has 19 heavy (non-hydrogen) atoms. The van der Waals surface area contributed by atoms with Gasteiger partial charge in [0.05, 0.1) is 17.6 Å². The van der Waals surface area contributed by atoms with Gasteiger partial charge in [0.1, 0.15) is 5.82 Å². The molecule has 1 atom stereocenters. The Labute approximate surface area is 122 Å². The Morgan fingerprint density at radius 3 is 2.58 bits per heavy atom. The van der Waals surface area contributed by atoms with Crippen molar-refractivity contribution in [1.29, 1.82) is 0 Å². The van der Waals surface area contributed by atoms with Crippen LogP contribution >= 0.6 is 23.2 Å². The fourth-order valence-corrected chi connectivity index (χ4v) is 2.73. The third-order valence-corrected chi connectivity index (χ3v) is 3.62. The first-order valence-corrected chi connectivity index (χ1v) is 6.83. The highest BCUT2D eigenvalue weighted by Gasteiger charge is 2.16. The Morgan fingerprint density at radius 2 is 2.05 bits per heavy atom. The lowest BCUT2D eigenvalue weighted by molar-refractivity contribution is 0.578. The zero-order chi connectivity index (χ0) is 14.2. The minimum absolute atomic E-state index is 0.108. The van der Waals surface area contributed by atoms with Crippen LogP contribution in [0.5, 0.6) is 0 Å².